The number of anilines is 1. The molecule has 19 heavy (non-hydrogen) atoms. The van der Waals surface area contributed by atoms with Crippen LogP contribution in [0.1, 0.15) is 32.6 Å². The summed E-state index contributed by atoms with van der Waals surface area (Å²) in [6, 6.07) is 3.79. The van der Waals surface area contributed by atoms with Crippen molar-refractivity contribution < 1.29 is 5.11 Å². The fraction of sp³-hybridized carbons (Fsp3) is 0.571. The van der Waals surface area contributed by atoms with E-state index in [0.29, 0.717) is 5.92 Å². The van der Waals surface area contributed by atoms with E-state index in [2.05, 4.69) is 22.3 Å². The lowest BCUT2D eigenvalue weighted by atomic mass is 9.77. The van der Waals surface area contributed by atoms with Crippen LogP contribution in [-0.4, -0.2) is 31.9 Å². The summed E-state index contributed by atoms with van der Waals surface area (Å²) in [4.78, 5) is 4.53. The predicted molar refractivity (Wildman–Crippen MR) is 74.1 cm³/mol. The molecule has 0 aliphatic heterocycles. The average molecular weight is 260 g/mol. The van der Waals surface area contributed by atoms with Gasteiger partial charge in [-0.05, 0) is 24.8 Å². The number of rotatable bonds is 3. The van der Waals surface area contributed by atoms with Gasteiger partial charge in [-0.1, -0.05) is 19.8 Å². The minimum atomic E-state index is -0.219. The topological polar surface area (TPSA) is 62.5 Å². The van der Waals surface area contributed by atoms with Crippen molar-refractivity contribution in [2.75, 3.05) is 11.9 Å². The lowest BCUT2D eigenvalue weighted by Crippen LogP contribution is -2.46. The second kappa shape index (κ2) is 4.81. The number of nitrogens with one attached hydrogen (secondary N) is 1. The zero-order valence-electron chi connectivity index (χ0n) is 11.2. The molecule has 102 valence electrons. The summed E-state index contributed by atoms with van der Waals surface area (Å²) < 4.78 is 1.74. The molecule has 3 rings (SSSR count). The van der Waals surface area contributed by atoms with E-state index >= 15 is 0 Å². The highest BCUT2D eigenvalue weighted by molar-refractivity contribution is 5.47. The van der Waals surface area contributed by atoms with Gasteiger partial charge in [0.25, 0.3) is 0 Å². The fourth-order valence-corrected chi connectivity index (χ4v) is 3.11. The van der Waals surface area contributed by atoms with Gasteiger partial charge in [0.1, 0.15) is 5.82 Å². The van der Waals surface area contributed by atoms with Crippen LogP contribution >= 0.6 is 0 Å². The first-order valence-corrected chi connectivity index (χ1v) is 6.90. The number of aromatic nitrogens is 3. The van der Waals surface area contributed by atoms with Crippen LogP contribution in [-0.2, 0) is 0 Å². The maximum atomic E-state index is 9.79. The fourth-order valence-electron chi connectivity index (χ4n) is 3.11. The molecule has 5 heteroatoms. The normalized spacial score (nSPS) is 27.6. The predicted octanol–water partition coefficient (Wildman–Crippen LogP) is 2.08. The van der Waals surface area contributed by atoms with Crippen molar-refractivity contribution in [1.29, 1.82) is 0 Å². The summed E-state index contributed by atoms with van der Waals surface area (Å²) in [6.45, 7) is 2.41. The van der Waals surface area contributed by atoms with Crippen molar-refractivity contribution in [3.05, 3.63) is 24.5 Å². The smallest absolute Gasteiger partial charge is 0.157 e. The molecule has 2 aromatic rings. The van der Waals surface area contributed by atoms with Gasteiger partial charge in [0.15, 0.2) is 5.65 Å². The largest absolute Gasteiger partial charge is 0.394 e. The number of aliphatic hydroxyl groups is 1. The summed E-state index contributed by atoms with van der Waals surface area (Å²) in [5.41, 5.74) is 0.602. The third-order valence-electron chi connectivity index (χ3n) is 4.05. The van der Waals surface area contributed by atoms with Gasteiger partial charge in [0.05, 0.1) is 18.3 Å². The minimum Gasteiger partial charge on any atom is -0.394 e. The van der Waals surface area contributed by atoms with Gasteiger partial charge in [-0.2, -0.15) is 5.10 Å². The van der Waals surface area contributed by atoms with Crippen molar-refractivity contribution in [3.8, 4) is 0 Å². The van der Waals surface area contributed by atoms with E-state index in [9.17, 15) is 5.11 Å². The van der Waals surface area contributed by atoms with Gasteiger partial charge in [0, 0.05) is 12.3 Å². The molecular formula is C14H20N4O. The molecule has 0 saturated heterocycles. The van der Waals surface area contributed by atoms with Crippen LogP contribution in [0.4, 0.5) is 5.82 Å². The Balaban J connectivity index is 1.85. The van der Waals surface area contributed by atoms with Crippen LogP contribution in [0, 0.1) is 5.92 Å². The maximum absolute atomic E-state index is 9.79. The minimum absolute atomic E-state index is 0.156. The Hall–Kier alpha value is -1.62. The van der Waals surface area contributed by atoms with Crippen molar-refractivity contribution in [2.45, 2.75) is 38.1 Å². The summed E-state index contributed by atoms with van der Waals surface area (Å²) >= 11 is 0. The first-order chi connectivity index (χ1) is 9.21. The van der Waals surface area contributed by atoms with Gasteiger partial charge in [-0.25, -0.2) is 9.50 Å². The molecule has 0 aromatic carbocycles. The second-order valence-electron chi connectivity index (χ2n) is 5.71. The van der Waals surface area contributed by atoms with Crippen molar-refractivity contribution in [3.63, 3.8) is 0 Å². The second-order valence-corrected chi connectivity index (χ2v) is 5.71. The molecule has 1 saturated carbocycles. The Kier molecular flexibility index (Phi) is 3.14. The summed E-state index contributed by atoms with van der Waals surface area (Å²) in [5, 5.41) is 17.4. The first kappa shape index (κ1) is 12.4. The van der Waals surface area contributed by atoms with E-state index in [-0.39, 0.29) is 12.1 Å². The third kappa shape index (κ3) is 2.42. The third-order valence-corrected chi connectivity index (χ3v) is 4.05. The molecule has 2 aromatic heterocycles. The van der Waals surface area contributed by atoms with E-state index in [1.54, 1.807) is 10.7 Å². The Morgan fingerprint density at radius 3 is 3.21 bits per heavy atom. The maximum Gasteiger partial charge on any atom is 0.157 e. The Morgan fingerprint density at radius 2 is 2.42 bits per heavy atom. The highest BCUT2D eigenvalue weighted by atomic mass is 16.3. The van der Waals surface area contributed by atoms with E-state index < -0.39 is 0 Å². The SMILES string of the molecule is CC1CCCC(CO)(Nc2ccn3nccc3n2)C1. The number of hydrogen-bond acceptors (Lipinski definition) is 4. The van der Waals surface area contributed by atoms with Gasteiger partial charge >= 0.3 is 0 Å². The van der Waals surface area contributed by atoms with Gasteiger partial charge in [-0.3, -0.25) is 0 Å². The summed E-state index contributed by atoms with van der Waals surface area (Å²) in [6.07, 6.45) is 8.02. The molecule has 0 bridgehead atoms. The van der Waals surface area contributed by atoms with Gasteiger partial charge < -0.3 is 10.4 Å². The zero-order chi connectivity index (χ0) is 13.3. The molecule has 0 spiro atoms. The van der Waals surface area contributed by atoms with Crippen LogP contribution in [0.25, 0.3) is 5.65 Å². The van der Waals surface area contributed by atoms with Crippen LogP contribution < -0.4 is 5.32 Å². The van der Waals surface area contributed by atoms with E-state index in [4.69, 9.17) is 0 Å². The van der Waals surface area contributed by atoms with Crippen LogP contribution in [0.3, 0.4) is 0 Å². The first-order valence-electron chi connectivity index (χ1n) is 6.90. The van der Waals surface area contributed by atoms with Gasteiger partial charge in [0.2, 0.25) is 0 Å². The summed E-state index contributed by atoms with van der Waals surface area (Å²) in [5.74, 6) is 1.46. The van der Waals surface area contributed by atoms with Crippen LogP contribution in [0.5, 0.6) is 0 Å². The molecule has 2 unspecified atom stereocenters. The van der Waals surface area contributed by atoms with Gasteiger partial charge in [-0.15, -0.1) is 0 Å². The monoisotopic (exact) mass is 260 g/mol. The quantitative estimate of drug-likeness (QED) is 0.887. The Labute approximate surface area is 112 Å². The Bertz CT molecular complexity index is 567. The van der Waals surface area contributed by atoms with Crippen molar-refractivity contribution in [2.24, 2.45) is 5.92 Å². The van der Waals surface area contributed by atoms with E-state index in [1.165, 1.54) is 6.42 Å². The molecule has 1 aliphatic rings. The average Bonchev–Trinajstić information content (AvgIpc) is 2.86. The van der Waals surface area contributed by atoms with Crippen molar-refractivity contribution >= 4 is 11.5 Å². The summed E-state index contributed by atoms with van der Waals surface area (Å²) in [7, 11) is 0. The number of hydrogen-bond donors (Lipinski definition) is 2. The standard InChI is InChI=1S/C14H20N4O/c1-11-3-2-6-14(9-11,10-19)17-12-5-8-18-13(16-12)4-7-15-18/h4-5,7-8,11,19H,2-3,6,9-10H2,1H3,(H,16,17). The zero-order valence-corrected chi connectivity index (χ0v) is 11.2. The highest BCUT2D eigenvalue weighted by Gasteiger charge is 2.34. The molecule has 1 aliphatic carbocycles. The van der Waals surface area contributed by atoms with E-state index in [0.717, 1.165) is 30.7 Å². The molecule has 0 amide bonds. The molecule has 0 radical (unpaired) electrons. The highest BCUT2D eigenvalue weighted by Crippen LogP contribution is 2.34. The number of nitrogens with zero attached hydrogens (tertiary/aromatic N) is 3. The number of aliphatic hydroxyl groups excluding tert-OH is 1. The molecular weight excluding hydrogens is 240 g/mol. The lowest BCUT2D eigenvalue weighted by molar-refractivity contribution is 0.149. The Morgan fingerprint density at radius 1 is 1.53 bits per heavy atom. The molecule has 1 fully saturated rings. The van der Waals surface area contributed by atoms with Crippen LogP contribution in [0.2, 0.25) is 0 Å². The molecule has 5 nitrogen and oxygen atoms in total. The molecule has 2 N–H and O–H groups in total. The number of fused-ring (bicyclic) bond motifs is 1. The molecule has 2 atom stereocenters. The van der Waals surface area contributed by atoms with Crippen LogP contribution in [0.15, 0.2) is 24.5 Å². The van der Waals surface area contributed by atoms with E-state index in [1.807, 2.05) is 18.3 Å². The van der Waals surface area contributed by atoms with Crippen molar-refractivity contribution in [1.82, 2.24) is 14.6 Å². The lowest BCUT2D eigenvalue weighted by Gasteiger charge is -2.39. The molecule has 2 heterocycles.